The van der Waals surface area contributed by atoms with Crippen LogP contribution in [0.1, 0.15) is 47.0 Å². The second-order valence-electron chi connectivity index (χ2n) is 6.84. The summed E-state index contributed by atoms with van der Waals surface area (Å²) < 4.78 is 0. The summed E-state index contributed by atoms with van der Waals surface area (Å²) in [5.74, 6) is 1.15. The number of amides is 2. The number of hydrogen-bond donors (Lipinski definition) is 3. The highest BCUT2D eigenvalue weighted by Crippen LogP contribution is 2.41. The fraction of sp³-hybridized carbons (Fsp3) is 0.350. The molecule has 1 aromatic heterocycles. The van der Waals surface area contributed by atoms with E-state index in [0.717, 1.165) is 24.7 Å². The van der Waals surface area contributed by atoms with E-state index in [-0.39, 0.29) is 11.8 Å². The Morgan fingerprint density at radius 3 is 2.62 bits per heavy atom. The maximum absolute atomic E-state index is 12.2. The first kappa shape index (κ1) is 17.9. The molecule has 2 atom stereocenters. The van der Waals surface area contributed by atoms with Crippen LogP contribution in [0.4, 0.5) is 11.4 Å². The van der Waals surface area contributed by atoms with Crippen LogP contribution in [0.15, 0.2) is 42.6 Å². The Kier molecular flexibility index (Phi) is 5.51. The summed E-state index contributed by atoms with van der Waals surface area (Å²) >= 11 is 0. The van der Waals surface area contributed by atoms with Gasteiger partial charge in [0.05, 0.1) is 16.9 Å². The first-order valence-electron chi connectivity index (χ1n) is 8.94. The number of nitrogen functional groups attached to an aromatic ring is 1. The van der Waals surface area contributed by atoms with Crippen molar-refractivity contribution >= 4 is 23.2 Å². The van der Waals surface area contributed by atoms with E-state index in [1.807, 2.05) is 0 Å². The number of hydrogen-bond acceptors (Lipinski definition) is 4. The predicted molar refractivity (Wildman–Crippen MR) is 102 cm³/mol. The number of nitrogens with one attached hydrogen (secondary N) is 2. The highest BCUT2D eigenvalue weighted by molar-refractivity contribution is 6.05. The average molecular weight is 352 g/mol. The molecule has 1 saturated carbocycles. The van der Waals surface area contributed by atoms with Crippen LogP contribution in [0.25, 0.3) is 0 Å². The van der Waals surface area contributed by atoms with E-state index in [0.29, 0.717) is 29.2 Å². The molecular formula is C20H24N4O2. The van der Waals surface area contributed by atoms with Crippen LogP contribution in [-0.2, 0) is 0 Å². The van der Waals surface area contributed by atoms with Crippen LogP contribution in [0.2, 0.25) is 0 Å². The van der Waals surface area contributed by atoms with Gasteiger partial charge in [0.1, 0.15) is 5.69 Å². The summed E-state index contributed by atoms with van der Waals surface area (Å²) in [6, 6.07) is 10.2. The van der Waals surface area contributed by atoms with E-state index in [4.69, 9.17) is 5.73 Å². The zero-order valence-electron chi connectivity index (χ0n) is 14.9. The standard InChI is InChI=1S/C20H24N4O2/c1-13-11-14(13)5-4-10-22-20(26)18-9-8-15(12-23-18)19(25)24-17-7-3-2-6-16(17)21/h2-3,6-9,12-14H,4-5,10-11,21H2,1H3,(H,22,26)(H,24,25). The van der Waals surface area contributed by atoms with Crippen LogP contribution >= 0.6 is 0 Å². The minimum atomic E-state index is -0.319. The molecular weight excluding hydrogens is 328 g/mol. The monoisotopic (exact) mass is 352 g/mol. The quantitative estimate of drug-likeness (QED) is 0.527. The van der Waals surface area contributed by atoms with Crippen molar-refractivity contribution in [2.75, 3.05) is 17.6 Å². The van der Waals surface area contributed by atoms with E-state index in [2.05, 4.69) is 22.5 Å². The van der Waals surface area contributed by atoms with Gasteiger partial charge in [-0.05, 0) is 55.4 Å². The number of anilines is 2. The Hall–Kier alpha value is -2.89. The molecule has 1 aliphatic rings. The zero-order chi connectivity index (χ0) is 18.5. The molecule has 1 fully saturated rings. The van der Waals surface area contributed by atoms with Gasteiger partial charge in [0, 0.05) is 12.7 Å². The minimum Gasteiger partial charge on any atom is -0.397 e. The number of nitrogens with zero attached hydrogens (tertiary/aromatic N) is 1. The molecule has 0 saturated heterocycles. The average Bonchev–Trinajstić information content (AvgIpc) is 3.35. The van der Waals surface area contributed by atoms with Crippen molar-refractivity contribution in [3.63, 3.8) is 0 Å². The fourth-order valence-corrected chi connectivity index (χ4v) is 2.93. The third-order valence-corrected chi connectivity index (χ3v) is 4.78. The Morgan fingerprint density at radius 2 is 1.96 bits per heavy atom. The molecule has 6 heteroatoms. The van der Waals surface area contributed by atoms with E-state index < -0.39 is 0 Å². The van der Waals surface area contributed by atoms with Gasteiger partial charge >= 0.3 is 0 Å². The lowest BCUT2D eigenvalue weighted by Crippen LogP contribution is -2.25. The first-order valence-corrected chi connectivity index (χ1v) is 8.94. The molecule has 26 heavy (non-hydrogen) atoms. The lowest BCUT2D eigenvalue weighted by Gasteiger charge is -2.08. The van der Waals surface area contributed by atoms with E-state index in [9.17, 15) is 9.59 Å². The minimum absolute atomic E-state index is 0.215. The number of carbonyl (C=O) groups excluding carboxylic acids is 2. The van der Waals surface area contributed by atoms with Gasteiger partial charge in [0.2, 0.25) is 0 Å². The van der Waals surface area contributed by atoms with Crippen molar-refractivity contribution in [1.82, 2.24) is 10.3 Å². The van der Waals surface area contributed by atoms with Crippen LogP contribution in [0.5, 0.6) is 0 Å². The molecule has 1 heterocycles. The summed E-state index contributed by atoms with van der Waals surface area (Å²) in [7, 11) is 0. The van der Waals surface area contributed by atoms with E-state index >= 15 is 0 Å². The number of carbonyl (C=O) groups is 2. The van der Waals surface area contributed by atoms with Crippen LogP contribution in [0.3, 0.4) is 0 Å². The first-order chi connectivity index (χ1) is 12.5. The second-order valence-corrected chi connectivity index (χ2v) is 6.84. The van der Waals surface area contributed by atoms with Crippen molar-refractivity contribution in [2.24, 2.45) is 11.8 Å². The Labute approximate surface area is 153 Å². The number of rotatable bonds is 7. The molecule has 0 spiro atoms. The molecule has 4 N–H and O–H groups in total. The molecule has 3 rings (SSSR count). The molecule has 1 aliphatic carbocycles. The van der Waals surface area contributed by atoms with Crippen LogP contribution in [-0.4, -0.2) is 23.3 Å². The molecule has 2 amide bonds. The Morgan fingerprint density at radius 1 is 1.19 bits per heavy atom. The Balaban J connectivity index is 1.49. The largest absolute Gasteiger partial charge is 0.397 e. The Bertz CT molecular complexity index is 789. The van der Waals surface area contributed by atoms with Crippen molar-refractivity contribution in [2.45, 2.75) is 26.2 Å². The highest BCUT2D eigenvalue weighted by atomic mass is 16.2. The summed E-state index contributed by atoms with van der Waals surface area (Å²) in [6.45, 7) is 2.91. The van der Waals surface area contributed by atoms with Gasteiger partial charge in [-0.25, -0.2) is 0 Å². The molecule has 2 unspecified atom stereocenters. The lowest BCUT2D eigenvalue weighted by molar-refractivity contribution is 0.0945. The fourth-order valence-electron chi connectivity index (χ4n) is 2.93. The number of pyridine rings is 1. The maximum Gasteiger partial charge on any atom is 0.269 e. The maximum atomic E-state index is 12.2. The van der Waals surface area contributed by atoms with Crippen molar-refractivity contribution in [1.29, 1.82) is 0 Å². The van der Waals surface area contributed by atoms with Crippen molar-refractivity contribution in [3.8, 4) is 0 Å². The summed E-state index contributed by atoms with van der Waals surface area (Å²) in [6.07, 6.45) is 4.86. The molecule has 0 radical (unpaired) electrons. The van der Waals surface area contributed by atoms with E-state index in [1.165, 1.54) is 12.6 Å². The number of aromatic nitrogens is 1. The topological polar surface area (TPSA) is 97.1 Å². The van der Waals surface area contributed by atoms with Crippen molar-refractivity contribution < 1.29 is 9.59 Å². The lowest BCUT2D eigenvalue weighted by atomic mass is 10.2. The van der Waals surface area contributed by atoms with Gasteiger partial charge in [0.25, 0.3) is 11.8 Å². The normalized spacial score (nSPS) is 18.2. The summed E-state index contributed by atoms with van der Waals surface area (Å²) in [5, 5.41) is 5.61. The van der Waals surface area contributed by atoms with E-state index in [1.54, 1.807) is 36.4 Å². The van der Waals surface area contributed by atoms with Gasteiger partial charge in [-0.2, -0.15) is 0 Å². The van der Waals surface area contributed by atoms with Gasteiger partial charge in [-0.15, -0.1) is 0 Å². The third-order valence-electron chi connectivity index (χ3n) is 4.78. The number of para-hydroxylation sites is 2. The van der Waals surface area contributed by atoms with Crippen LogP contribution < -0.4 is 16.4 Å². The van der Waals surface area contributed by atoms with Gasteiger partial charge in [-0.3, -0.25) is 14.6 Å². The highest BCUT2D eigenvalue weighted by Gasteiger charge is 2.31. The SMILES string of the molecule is CC1CC1CCCNC(=O)c1ccc(C(=O)Nc2ccccc2N)cn1. The molecule has 2 aromatic rings. The zero-order valence-corrected chi connectivity index (χ0v) is 14.9. The van der Waals surface area contributed by atoms with Gasteiger partial charge in [0.15, 0.2) is 0 Å². The molecule has 0 bridgehead atoms. The van der Waals surface area contributed by atoms with Crippen molar-refractivity contribution in [3.05, 3.63) is 53.9 Å². The number of benzene rings is 1. The summed E-state index contributed by atoms with van der Waals surface area (Å²) in [5.41, 5.74) is 7.53. The predicted octanol–water partition coefficient (Wildman–Crippen LogP) is 3.08. The summed E-state index contributed by atoms with van der Waals surface area (Å²) in [4.78, 5) is 28.4. The van der Waals surface area contributed by atoms with Gasteiger partial charge in [-0.1, -0.05) is 19.1 Å². The second kappa shape index (κ2) is 7.99. The number of nitrogens with two attached hydrogens (primary N) is 1. The molecule has 1 aromatic carbocycles. The molecule has 136 valence electrons. The van der Waals surface area contributed by atoms with Gasteiger partial charge < -0.3 is 16.4 Å². The molecule has 6 nitrogen and oxygen atoms in total. The third kappa shape index (κ3) is 4.59. The smallest absolute Gasteiger partial charge is 0.269 e. The molecule has 0 aliphatic heterocycles. The van der Waals surface area contributed by atoms with Crippen LogP contribution in [0, 0.1) is 11.8 Å².